The number of benzene rings is 2. The first-order valence-corrected chi connectivity index (χ1v) is 7.35. The average molecular weight is 356 g/mol. The molecule has 2 aromatic rings. The van der Waals surface area contributed by atoms with Gasteiger partial charge in [0.05, 0.1) is 10.6 Å². The Kier molecular flexibility index (Phi) is 5.96. The number of ether oxygens (including phenoxy) is 1. The highest BCUT2D eigenvalue weighted by molar-refractivity contribution is 6.36. The maximum Gasteiger partial charge on any atom is 0.325 e. The normalized spacial score (nSPS) is 10.2. The van der Waals surface area contributed by atoms with Crippen LogP contribution in [0.4, 0.5) is 4.39 Å². The molecule has 120 valence electrons. The summed E-state index contributed by atoms with van der Waals surface area (Å²) in [4.78, 5) is 23.5. The molecule has 7 heteroatoms. The third-order valence-electron chi connectivity index (χ3n) is 2.92. The first-order valence-electron chi connectivity index (χ1n) is 6.59. The van der Waals surface area contributed by atoms with E-state index in [1.54, 1.807) is 6.07 Å². The van der Waals surface area contributed by atoms with E-state index in [0.29, 0.717) is 5.02 Å². The molecule has 2 rings (SSSR count). The highest BCUT2D eigenvalue weighted by atomic mass is 35.5. The number of nitrogens with one attached hydrogen (secondary N) is 1. The van der Waals surface area contributed by atoms with Crippen molar-refractivity contribution in [2.45, 2.75) is 6.61 Å². The van der Waals surface area contributed by atoms with Crippen molar-refractivity contribution in [3.05, 3.63) is 69.5 Å². The predicted molar refractivity (Wildman–Crippen MR) is 85.0 cm³/mol. The number of hydrogen-bond donors (Lipinski definition) is 1. The number of carbonyl (C=O) groups excluding carboxylic acids is 2. The second-order valence-corrected chi connectivity index (χ2v) is 5.40. The fraction of sp³-hybridized carbons (Fsp3) is 0.125. The van der Waals surface area contributed by atoms with Crippen molar-refractivity contribution < 1.29 is 18.7 Å². The summed E-state index contributed by atoms with van der Waals surface area (Å²) in [6.07, 6.45) is 0. The Morgan fingerprint density at radius 2 is 1.87 bits per heavy atom. The van der Waals surface area contributed by atoms with E-state index in [1.165, 1.54) is 36.4 Å². The van der Waals surface area contributed by atoms with Gasteiger partial charge in [-0.15, -0.1) is 0 Å². The molecule has 0 bridgehead atoms. The minimum absolute atomic E-state index is 0.176. The Morgan fingerprint density at radius 3 is 2.57 bits per heavy atom. The van der Waals surface area contributed by atoms with Gasteiger partial charge in [0.2, 0.25) is 0 Å². The zero-order valence-electron chi connectivity index (χ0n) is 11.8. The molecule has 0 aromatic heterocycles. The molecule has 4 nitrogen and oxygen atoms in total. The predicted octanol–water partition coefficient (Wildman–Crippen LogP) is 3.61. The van der Waals surface area contributed by atoms with Crippen molar-refractivity contribution in [2.24, 2.45) is 0 Å². The van der Waals surface area contributed by atoms with E-state index >= 15 is 0 Å². The summed E-state index contributed by atoms with van der Waals surface area (Å²) >= 11 is 11.6. The third-order valence-corrected chi connectivity index (χ3v) is 3.46. The van der Waals surface area contributed by atoms with E-state index in [0.717, 1.165) is 0 Å². The van der Waals surface area contributed by atoms with Crippen LogP contribution in [0.3, 0.4) is 0 Å². The molecule has 0 saturated heterocycles. The van der Waals surface area contributed by atoms with Gasteiger partial charge in [0, 0.05) is 10.6 Å². The van der Waals surface area contributed by atoms with E-state index in [4.69, 9.17) is 27.9 Å². The Bertz CT molecular complexity index is 737. The molecule has 23 heavy (non-hydrogen) atoms. The number of carbonyl (C=O) groups is 2. The van der Waals surface area contributed by atoms with Crippen molar-refractivity contribution in [3.8, 4) is 0 Å². The van der Waals surface area contributed by atoms with Crippen LogP contribution in [-0.4, -0.2) is 18.4 Å². The number of esters is 1. The molecular weight excluding hydrogens is 344 g/mol. The van der Waals surface area contributed by atoms with Gasteiger partial charge in [-0.3, -0.25) is 9.59 Å². The molecule has 0 saturated carbocycles. The molecule has 2 aromatic carbocycles. The SMILES string of the molecule is O=C(CNC(=O)c1ccc(Cl)cc1Cl)OCc1ccccc1F. The zero-order valence-corrected chi connectivity index (χ0v) is 13.3. The van der Waals surface area contributed by atoms with Gasteiger partial charge in [0.15, 0.2) is 0 Å². The summed E-state index contributed by atoms with van der Waals surface area (Å²) < 4.78 is 18.3. The molecule has 1 amide bonds. The van der Waals surface area contributed by atoms with Crippen LogP contribution in [0, 0.1) is 5.82 Å². The first-order chi connectivity index (χ1) is 11.0. The molecule has 0 unspecified atom stereocenters. The monoisotopic (exact) mass is 355 g/mol. The molecule has 1 N–H and O–H groups in total. The summed E-state index contributed by atoms with van der Waals surface area (Å²) in [5.74, 6) is -1.68. The molecule has 0 radical (unpaired) electrons. The lowest BCUT2D eigenvalue weighted by molar-refractivity contribution is -0.143. The van der Waals surface area contributed by atoms with Crippen LogP contribution in [-0.2, 0) is 16.1 Å². The number of rotatable bonds is 5. The Labute approximate surface area is 142 Å². The third kappa shape index (κ3) is 4.94. The quantitative estimate of drug-likeness (QED) is 0.833. The Balaban J connectivity index is 1.84. The highest BCUT2D eigenvalue weighted by Gasteiger charge is 2.13. The second-order valence-electron chi connectivity index (χ2n) is 4.56. The molecule has 0 heterocycles. The van der Waals surface area contributed by atoms with Gasteiger partial charge in [-0.05, 0) is 24.3 Å². The van der Waals surface area contributed by atoms with Gasteiger partial charge in [-0.1, -0.05) is 41.4 Å². The molecule has 0 aliphatic heterocycles. The van der Waals surface area contributed by atoms with E-state index in [2.05, 4.69) is 5.32 Å². The average Bonchev–Trinajstić information content (AvgIpc) is 2.52. The van der Waals surface area contributed by atoms with E-state index in [1.807, 2.05) is 0 Å². The smallest absolute Gasteiger partial charge is 0.325 e. The van der Waals surface area contributed by atoms with Crippen molar-refractivity contribution in [3.63, 3.8) is 0 Å². The van der Waals surface area contributed by atoms with Gasteiger partial charge < -0.3 is 10.1 Å². The van der Waals surface area contributed by atoms with E-state index in [-0.39, 0.29) is 29.3 Å². The summed E-state index contributed by atoms with van der Waals surface area (Å²) in [5.41, 5.74) is 0.450. The summed E-state index contributed by atoms with van der Waals surface area (Å²) in [6, 6.07) is 10.3. The second kappa shape index (κ2) is 7.94. The van der Waals surface area contributed by atoms with E-state index < -0.39 is 17.7 Å². The minimum atomic E-state index is -0.688. The van der Waals surface area contributed by atoms with E-state index in [9.17, 15) is 14.0 Å². The standard InChI is InChI=1S/C16H12Cl2FNO3/c17-11-5-6-12(13(18)7-11)16(22)20-8-15(21)23-9-10-3-1-2-4-14(10)19/h1-7H,8-9H2,(H,20,22). The molecular formula is C16H12Cl2FNO3. The van der Waals surface area contributed by atoms with Crippen molar-refractivity contribution in [1.29, 1.82) is 0 Å². The molecule has 0 spiro atoms. The zero-order chi connectivity index (χ0) is 16.8. The van der Waals surface area contributed by atoms with Crippen molar-refractivity contribution >= 4 is 35.1 Å². The first kappa shape index (κ1) is 17.2. The minimum Gasteiger partial charge on any atom is -0.459 e. The summed E-state index contributed by atoms with van der Waals surface area (Å²) in [7, 11) is 0. The fourth-order valence-electron chi connectivity index (χ4n) is 1.75. The van der Waals surface area contributed by atoms with Crippen LogP contribution < -0.4 is 5.32 Å². The van der Waals surface area contributed by atoms with Gasteiger partial charge >= 0.3 is 5.97 Å². The maximum absolute atomic E-state index is 13.4. The van der Waals surface area contributed by atoms with Crippen LogP contribution >= 0.6 is 23.2 Å². The van der Waals surface area contributed by atoms with Crippen LogP contribution in [0.2, 0.25) is 10.0 Å². The molecule has 0 aliphatic rings. The Hall–Kier alpha value is -2.11. The number of amides is 1. The summed E-state index contributed by atoms with van der Waals surface area (Å²) in [5, 5.41) is 2.95. The summed E-state index contributed by atoms with van der Waals surface area (Å²) in [6.45, 7) is -0.560. The topological polar surface area (TPSA) is 55.4 Å². The largest absolute Gasteiger partial charge is 0.459 e. The molecule has 0 fully saturated rings. The van der Waals surface area contributed by atoms with Gasteiger partial charge in [0.25, 0.3) is 5.91 Å². The van der Waals surface area contributed by atoms with Gasteiger partial charge in [-0.2, -0.15) is 0 Å². The van der Waals surface area contributed by atoms with Crippen LogP contribution in [0.15, 0.2) is 42.5 Å². The van der Waals surface area contributed by atoms with Gasteiger partial charge in [0.1, 0.15) is 19.0 Å². The molecule has 0 atom stereocenters. The Morgan fingerprint density at radius 1 is 1.13 bits per heavy atom. The lowest BCUT2D eigenvalue weighted by atomic mass is 10.2. The van der Waals surface area contributed by atoms with Crippen LogP contribution in [0.25, 0.3) is 0 Å². The lowest BCUT2D eigenvalue weighted by Gasteiger charge is -2.08. The maximum atomic E-state index is 13.4. The van der Waals surface area contributed by atoms with Crippen LogP contribution in [0.5, 0.6) is 0 Å². The number of halogens is 3. The lowest BCUT2D eigenvalue weighted by Crippen LogP contribution is -2.30. The molecule has 0 aliphatic carbocycles. The fourth-order valence-corrected chi connectivity index (χ4v) is 2.24. The highest BCUT2D eigenvalue weighted by Crippen LogP contribution is 2.20. The van der Waals surface area contributed by atoms with Crippen molar-refractivity contribution in [1.82, 2.24) is 5.32 Å². The van der Waals surface area contributed by atoms with Crippen molar-refractivity contribution in [2.75, 3.05) is 6.54 Å². The van der Waals surface area contributed by atoms with Gasteiger partial charge in [-0.25, -0.2) is 4.39 Å². The van der Waals surface area contributed by atoms with Crippen LogP contribution in [0.1, 0.15) is 15.9 Å². The number of hydrogen-bond acceptors (Lipinski definition) is 3.